The van der Waals surface area contributed by atoms with Crippen molar-refractivity contribution in [1.29, 1.82) is 0 Å². The monoisotopic (exact) mass is 311 g/mol. The van der Waals surface area contributed by atoms with Gasteiger partial charge in [-0.05, 0) is 25.0 Å². The number of hydrogen-bond donors (Lipinski definition) is 1. The minimum atomic E-state index is 0.0540. The zero-order valence-corrected chi connectivity index (χ0v) is 14.3. The number of aryl methyl sites for hydroxylation is 1. The van der Waals surface area contributed by atoms with Gasteiger partial charge in [0.15, 0.2) is 0 Å². The maximum Gasteiger partial charge on any atom is 0.217 e. The predicted octanol–water partition coefficient (Wildman–Crippen LogP) is 3.14. The summed E-state index contributed by atoms with van der Waals surface area (Å²) in [5.74, 6) is 1.05. The number of hydrogen-bond acceptors (Lipinski definition) is 3. The van der Waals surface area contributed by atoms with Crippen LogP contribution in [0.2, 0.25) is 0 Å². The van der Waals surface area contributed by atoms with Crippen molar-refractivity contribution in [2.45, 2.75) is 33.7 Å². The third-order valence-electron chi connectivity index (χ3n) is 4.77. The van der Waals surface area contributed by atoms with Crippen LogP contribution in [0, 0.1) is 18.8 Å². The van der Waals surface area contributed by atoms with E-state index in [0.717, 1.165) is 24.3 Å². The highest BCUT2D eigenvalue weighted by Gasteiger charge is 2.35. The van der Waals surface area contributed by atoms with Crippen LogP contribution in [-0.2, 0) is 4.79 Å². The highest BCUT2D eigenvalue weighted by atomic mass is 16.1. The van der Waals surface area contributed by atoms with Crippen molar-refractivity contribution in [2.75, 3.05) is 18.0 Å². The molecule has 1 fully saturated rings. The van der Waals surface area contributed by atoms with E-state index < -0.39 is 0 Å². The number of anilines is 1. The Labute approximate surface area is 137 Å². The molecule has 0 unspecified atom stereocenters. The Morgan fingerprint density at radius 1 is 1.30 bits per heavy atom. The number of amides is 1. The molecule has 1 amide bonds. The lowest BCUT2D eigenvalue weighted by Crippen LogP contribution is -2.40. The Morgan fingerprint density at radius 3 is 2.74 bits per heavy atom. The van der Waals surface area contributed by atoms with Gasteiger partial charge < -0.3 is 10.2 Å². The van der Waals surface area contributed by atoms with Crippen LogP contribution < -0.4 is 10.2 Å². The summed E-state index contributed by atoms with van der Waals surface area (Å²) in [5.41, 5.74) is 3.29. The summed E-state index contributed by atoms with van der Waals surface area (Å²) < 4.78 is 0. The molecule has 122 valence electrons. The van der Waals surface area contributed by atoms with Crippen LogP contribution in [-0.4, -0.2) is 30.0 Å². The molecule has 2 atom stereocenters. The Hall–Kier alpha value is -2.10. The Balaban J connectivity index is 1.98. The molecule has 0 spiro atoms. The zero-order valence-electron chi connectivity index (χ0n) is 14.3. The van der Waals surface area contributed by atoms with Crippen LogP contribution in [0.15, 0.2) is 30.3 Å². The minimum absolute atomic E-state index is 0.0540. The topological polar surface area (TPSA) is 45.2 Å². The number of nitrogens with zero attached hydrogens (tertiary/aromatic N) is 2. The van der Waals surface area contributed by atoms with E-state index in [-0.39, 0.29) is 11.9 Å². The van der Waals surface area contributed by atoms with Gasteiger partial charge in [-0.1, -0.05) is 32.0 Å². The van der Waals surface area contributed by atoms with Crippen molar-refractivity contribution in [3.05, 3.63) is 36.0 Å². The van der Waals surface area contributed by atoms with Crippen LogP contribution in [0.3, 0.4) is 0 Å². The lowest BCUT2D eigenvalue weighted by atomic mass is 9.91. The Bertz CT molecular complexity index is 726. The van der Waals surface area contributed by atoms with E-state index in [1.807, 2.05) is 13.0 Å². The number of pyridine rings is 1. The summed E-state index contributed by atoms with van der Waals surface area (Å²) in [6, 6.07) is 10.7. The van der Waals surface area contributed by atoms with E-state index in [1.165, 1.54) is 11.1 Å². The summed E-state index contributed by atoms with van der Waals surface area (Å²) in [6.07, 6.45) is 0. The van der Waals surface area contributed by atoms with Gasteiger partial charge in [0.2, 0.25) is 5.91 Å². The van der Waals surface area contributed by atoms with E-state index in [0.29, 0.717) is 11.8 Å². The standard InChI is InChI=1S/C19H25N3O/c1-12(2)16-10-22(11-18(16)21-14(4)23)19-9-13(3)20-17-8-6-5-7-15(17)19/h5-9,12,16,18H,10-11H2,1-4H3,(H,21,23)/t16-,18+/m0/s1. The number of carbonyl (C=O) groups is 1. The summed E-state index contributed by atoms with van der Waals surface area (Å²) >= 11 is 0. The van der Waals surface area contributed by atoms with Crippen LogP contribution in [0.5, 0.6) is 0 Å². The fourth-order valence-corrected chi connectivity index (χ4v) is 3.66. The van der Waals surface area contributed by atoms with Crippen molar-refractivity contribution in [3.8, 4) is 0 Å². The molecule has 0 saturated carbocycles. The number of carbonyl (C=O) groups excluding carboxylic acids is 1. The minimum Gasteiger partial charge on any atom is -0.368 e. The van der Waals surface area contributed by atoms with Gasteiger partial charge in [-0.2, -0.15) is 0 Å². The molecule has 1 N–H and O–H groups in total. The molecule has 0 radical (unpaired) electrons. The molecule has 3 rings (SSSR count). The molecule has 2 aromatic rings. The third kappa shape index (κ3) is 3.16. The number of para-hydroxylation sites is 1. The van der Waals surface area contributed by atoms with E-state index in [1.54, 1.807) is 6.92 Å². The Morgan fingerprint density at radius 2 is 2.04 bits per heavy atom. The average Bonchev–Trinajstić information content (AvgIpc) is 2.89. The largest absolute Gasteiger partial charge is 0.368 e. The molecule has 2 heterocycles. The molecule has 0 bridgehead atoms. The molecule has 4 nitrogen and oxygen atoms in total. The van der Waals surface area contributed by atoms with E-state index >= 15 is 0 Å². The van der Waals surface area contributed by atoms with Crippen LogP contribution in [0.4, 0.5) is 5.69 Å². The van der Waals surface area contributed by atoms with Crippen molar-refractivity contribution in [1.82, 2.24) is 10.3 Å². The van der Waals surface area contributed by atoms with Crippen LogP contribution >= 0.6 is 0 Å². The van der Waals surface area contributed by atoms with Gasteiger partial charge in [-0.25, -0.2) is 0 Å². The lowest BCUT2D eigenvalue weighted by Gasteiger charge is -2.22. The number of aromatic nitrogens is 1. The van der Waals surface area contributed by atoms with E-state index in [9.17, 15) is 4.79 Å². The van der Waals surface area contributed by atoms with Gasteiger partial charge in [-0.3, -0.25) is 9.78 Å². The van der Waals surface area contributed by atoms with Crippen molar-refractivity contribution in [3.63, 3.8) is 0 Å². The van der Waals surface area contributed by atoms with Crippen LogP contribution in [0.25, 0.3) is 10.9 Å². The van der Waals surface area contributed by atoms with Crippen molar-refractivity contribution < 1.29 is 4.79 Å². The summed E-state index contributed by atoms with van der Waals surface area (Å²) in [6.45, 7) is 9.94. The summed E-state index contributed by atoms with van der Waals surface area (Å²) in [4.78, 5) is 18.6. The van der Waals surface area contributed by atoms with E-state index in [2.05, 4.69) is 53.3 Å². The first-order valence-corrected chi connectivity index (χ1v) is 8.34. The van der Waals surface area contributed by atoms with Gasteiger partial charge in [0.25, 0.3) is 0 Å². The molecule has 1 aromatic heterocycles. The second kappa shape index (κ2) is 6.19. The average molecular weight is 311 g/mol. The molecule has 0 aliphatic carbocycles. The number of fused-ring (bicyclic) bond motifs is 1. The normalized spacial score (nSPS) is 21.2. The molecular weight excluding hydrogens is 286 g/mol. The number of benzene rings is 1. The maximum atomic E-state index is 11.5. The Kier molecular flexibility index (Phi) is 4.24. The van der Waals surface area contributed by atoms with Crippen molar-refractivity contribution >= 4 is 22.5 Å². The number of rotatable bonds is 3. The maximum absolute atomic E-state index is 11.5. The van der Waals surface area contributed by atoms with Gasteiger partial charge in [0, 0.05) is 42.7 Å². The summed E-state index contributed by atoms with van der Waals surface area (Å²) in [5, 5.41) is 4.32. The predicted molar refractivity (Wildman–Crippen MR) is 94.6 cm³/mol. The van der Waals surface area contributed by atoms with Gasteiger partial charge in [0.05, 0.1) is 11.6 Å². The smallest absolute Gasteiger partial charge is 0.217 e. The second-order valence-electron chi connectivity index (χ2n) is 6.92. The molecule has 1 aliphatic rings. The van der Waals surface area contributed by atoms with Gasteiger partial charge in [-0.15, -0.1) is 0 Å². The SMILES string of the molecule is CC(=O)N[C@@H]1CN(c2cc(C)nc3ccccc23)C[C@H]1C(C)C. The zero-order chi connectivity index (χ0) is 16.6. The van der Waals surface area contributed by atoms with Crippen LogP contribution in [0.1, 0.15) is 26.5 Å². The number of nitrogens with one attached hydrogen (secondary N) is 1. The first-order valence-electron chi connectivity index (χ1n) is 8.34. The molecular formula is C19H25N3O. The molecule has 23 heavy (non-hydrogen) atoms. The van der Waals surface area contributed by atoms with Crippen molar-refractivity contribution in [2.24, 2.45) is 11.8 Å². The molecule has 4 heteroatoms. The highest BCUT2D eigenvalue weighted by Crippen LogP contribution is 2.33. The first-order chi connectivity index (χ1) is 11.0. The fourth-order valence-electron chi connectivity index (χ4n) is 3.66. The van der Waals surface area contributed by atoms with Gasteiger partial charge in [0.1, 0.15) is 0 Å². The second-order valence-corrected chi connectivity index (χ2v) is 6.92. The highest BCUT2D eigenvalue weighted by molar-refractivity contribution is 5.92. The molecule has 1 saturated heterocycles. The summed E-state index contributed by atoms with van der Waals surface area (Å²) in [7, 11) is 0. The fraction of sp³-hybridized carbons (Fsp3) is 0.474. The van der Waals surface area contributed by atoms with E-state index in [4.69, 9.17) is 0 Å². The third-order valence-corrected chi connectivity index (χ3v) is 4.77. The molecule has 1 aliphatic heterocycles. The first kappa shape index (κ1) is 15.8. The quantitative estimate of drug-likeness (QED) is 0.947. The molecule has 1 aromatic carbocycles. The lowest BCUT2D eigenvalue weighted by molar-refractivity contribution is -0.119. The van der Waals surface area contributed by atoms with Gasteiger partial charge >= 0.3 is 0 Å².